The van der Waals surface area contributed by atoms with Crippen LogP contribution in [0.2, 0.25) is 0 Å². The number of carbonyl (C=O) groups is 2. The van der Waals surface area contributed by atoms with Gasteiger partial charge in [0.05, 0.1) is 12.7 Å². The molecule has 31 heavy (non-hydrogen) atoms. The summed E-state index contributed by atoms with van der Waals surface area (Å²) in [5.74, 6) is -2.61. The lowest BCUT2D eigenvalue weighted by atomic mass is 10.1. The number of aromatic nitrogens is 3. The molecule has 0 atom stereocenters. The Morgan fingerprint density at radius 1 is 1.19 bits per heavy atom. The van der Waals surface area contributed by atoms with E-state index in [2.05, 4.69) is 20.1 Å². The van der Waals surface area contributed by atoms with Gasteiger partial charge in [0.2, 0.25) is 0 Å². The number of halogens is 4. The van der Waals surface area contributed by atoms with Crippen LogP contribution >= 0.6 is 0 Å². The molecule has 3 heterocycles. The van der Waals surface area contributed by atoms with Gasteiger partial charge in [-0.25, -0.2) is 18.7 Å². The summed E-state index contributed by atoms with van der Waals surface area (Å²) in [6.07, 6.45) is -0.276. The van der Waals surface area contributed by atoms with Crippen LogP contribution in [0.3, 0.4) is 0 Å². The lowest BCUT2D eigenvalue weighted by Gasteiger charge is -2.08. The van der Waals surface area contributed by atoms with Gasteiger partial charge >= 0.3 is 12.1 Å². The first-order valence-corrected chi connectivity index (χ1v) is 8.74. The molecule has 0 aliphatic carbocycles. The number of ether oxygens (including phenoxy) is 1. The van der Waals surface area contributed by atoms with Gasteiger partial charge < -0.3 is 14.5 Å². The number of nitrogens with zero attached hydrogens (tertiary/aromatic N) is 3. The van der Waals surface area contributed by atoms with E-state index in [4.69, 9.17) is 4.42 Å². The molecule has 0 aliphatic rings. The lowest BCUT2D eigenvalue weighted by molar-refractivity contribution is -0.161. The third kappa shape index (κ3) is 4.32. The highest BCUT2D eigenvalue weighted by Gasteiger charge is 2.30. The Hall–Kier alpha value is -3.96. The maximum Gasteiger partial charge on any atom is 0.422 e. The summed E-state index contributed by atoms with van der Waals surface area (Å²) in [5.41, 5.74) is -0.111. The molecule has 0 bridgehead atoms. The van der Waals surface area contributed by atoms with Crippen molar-refractivity contribution in [2.75, 3.05) is 6.61 Å². The van der Waals surface area contributed by atoms with Crippen molar-refractivity contribution in [2.45, 2.75) is 12.7 Å². The molecule has 0 saturated carbocycles. The van der Waals surface area contributed by atoms with Gasteiger partial charge in [-0.3, -0.25) is 4.79 Å². The fourth-order valence-corrected chi connectivity index (χ4v) is 2.88. The number of benzene rings is 1. The van der Waals surface area contributed by atoms with Crippen molar-refractivity contribution in [3.63, 3.8) is 0 Å². The van der Waals surface area contributed by atoms with Gasteiger partial charge in [0, 0.05) is 17.8 Å². The van der Waals surface area contributed by atoms with Crippen molar-refractivity contribution >= 4 is 28.5 Å². The number of nitrogens with one attached hydrogen (secondary N) is 1. The topological polar surface area (TPSA) is 98.7 Å². The summed E-state index contributed by atoms with van der Waals surface area (Å²) >= 11 is 0. The molecule has 0 saturated heterocycles. The smallest absolute Gasteiger partial charge is 0.422 e. The molecule has 1 amide bonds. The van der Waals surface area contributed by atoms with Gasteiger partial charge in [0.1, 0.15) is 28.3 Å². The Bertz CT molecular complexity index is 1300. The van der Waals surface area contributed by atoms with E-state index in [-0.39, 0.29) is 28.8 Å². The molecule has 1 N–H and O–H groups in total. The predicted octanol–water partition coefficient (Wildman–Crippen LogP) is 3.26. The number of hydrogen-bond donors (Lipinski definition) is 1. The number of furan rings is 1. The van der Waals surface area contributed by atoms with Crippen LogP contribution in [-0.4, -0.2) is 39.3 Å². The van der Waals surface area contributed by atoms with Gasteiger partial charge in [0.25, 0.3) is 5.91 Å². The molecule has 12 heteroatoms. The molecular weight excluding hydrogens is 424 g/mol. The van der Waals surface area contributed by atoms with Gasteiger partial charge in [-0.1, -0.05) is 0 Å². The van der Waals surface area contributed by atoms with E-state index in [0.717, 1.165) is 12.1 Å². The average molecular weight is 436 g/mol. The van der Waals surface area contributed by atoms with E-state index in [1.54, 1.807) is 12.3 Å². The molecular formula is C19H12F4N4O4. The van der Waals surface area contributed by atoms with Crippen LogP contribution in [0.1, 0.15) is 26.5 Å². The number of amides is 1. The molecule has 8 nitrogen and oxygen atoms in total. The third-order valence-corrected chi connectivity index (χ3v) is 4.17. The summed E-state index contributed by atoms with van der Waals surface area (Å²) in [5, 5.41) is 6.71. The van der Waals surface area contributed by atoms with Crippen LogP contribution in [0.4, 0.5) is 17.6 Å². The van der Waals surface area contributed by atoms with Crippen LogP contribution in [0, 0.1) is 5.82 Å². The van der Waals surface area contributed by atoms with Crippen molar-refractivity contribution in [3.05, 3.63) is 65.6 Å². The zero-order valence-corrected chi connectivity index (χ0v) is 15.4. The van der Waals surface area contributed by atoms with Crippen LogP contribution in [0.25, 0.3) is 16.6 Å². The zero-order chi connectivity index (χ0) is 22.2. The molecule has 0 fully saturated rings. The highest BCUT2D eigenvalue weighted by molar-refractivity contribution is 6.02. The SMILES string of the molecule is O=C(OCC(F)(F)F)c1cc(F)cc2cc(CNC(=O)c3cnn4cccnc34)oc12. The van der Waals surface area contributed by atoms with Crippen molar-refractivity contribution in [1.29, 1.82) is 0 Å². The van der Waals surface area contributed by atoms with Crippen LogP contribution in [0.15, 0.2) is 47.3 Å². The summed E-state index contributed by atoms with van der Waals surface area (Å²) in [6, 6.07) is 4.76. The molecule has 3 aromatic heterocycles. The summed E-state index contributed by atoms with van der Waals surface area (Å²) in [7, 11) is 0. The first-order chi connectivity index (χ1) is 14.7. The number of alkyl halides is 3. The average Bonchev–Trinajstić information content (AvgIpc) is 3.33. The van der Waals surface area contributed by atoms with Gasteiger partial charge in [-0.05, 0) is 24.3 Å². The van der Waals surface area contributed by atoms with Crippen LogP contribution in [-0.2, 0) is 11.3 Å². The molecule has 0 unspecified atom stereocenters. The Morgan fingerprint density at radius 3 is 2.77 bits per heavy atom. The fraction of sp³-hybridized carbons (Fsp3) is 0.158. The number of hydrogen-bond acceptors (Lipinski definition) is 6. The maximum absolute atomic E-state index is 13.8. The third-order valence-electron chi connectivity index (χ3n) is 4.17. The summed E-state index contributed by atoms with van der Waals surface area (Å²) in [4.78, 5) is 28.5. The summed E-state index contributed by atoms with van der Waals surface area (Å²) < 4.78 is 61.8. The molecule has 1 aromatic carbocycles. The summed E-state index contributed by atoms with van der Waals surface area (Å²) in [6.45, 7) is -1.96. The van der Waals surface area contributed by atoms with E-state index >= 15 is 0 Å². The number of fused-ring (bicyclic) bond motifs is 2. The Kier molecular flexibility index (Phi) is 5.05. The number of carbonyl (C=O) groups excluding carboxylic acids is 2. The van der Waals surface area contributed by atoms with E-state index in [1.807, 2.05) is 0 Å². The van der Waals surface area contributed by atoms with Gasteiger partial charge in [0.15, 0.2) is 12.3 Å². The van der Waals surface area contributed by atoms with Crippen molar-refractivity contribution in [2.24, 2.45) is 0 Å². The molecule has 0 aliphatic heterocycles. The normalized spacial score (nSPS) is 11.7. The second-order valence-corrected chi connectivity index (χ2v) is 6.40. The Labute approximate surface area is 170 Å². The quantitative estimate of drug-likeness (QED) is 0.381. The van der Waals surface area contributed by atoms with Crippen LogP contribution in [0.5, 0.6) is 0 Å². The Balaban J connectivity index is 1.54. The molecule has 4 rings (SSSR count). The monoisotopic (exact) mass is 436 g/mol. The van der Waals surface area contributed by atoms with Crippen molar-refractivity contribution in [3.8, 4) is 0 Å². The minimum Gasteiger partial charge on any atom is -0.458 e. The Morgan fingerprint density at radius 2 is 2.00 bits per heavy atom. The molecule has 160 valence electrons. The molecule has 0 spiro atoms. The molecule has 4 aromatic rings. The van der Waals surface area contributed by atoms with Crippen molar-refractivity contribution < 1.29 is 36.3 Å². The second-order valence-electron chi connectivity index (χ2n) is 6.40. The van der Waals surface area contributed by atoms with E-state index in [1.165, 1.54) is 23.0 Å². The minimum atomic E-state index is -4.73. The largest absolute Gasteiger partial charge is 0.458 e. The zero-order valence-electron chi connectivity index (χ0n) is 15.4. The second kappa shape index (κ2) is 7.70. The lowest BCUT2D eigenvalue weighted by Crippen LogP contribution is -2.22. The predicted molar refractivity (Wildman–Crippen MR) is 96.7 cm³/mol. The van der Waals surface area contributed by atoms with E-state index in [9.17, 15) is 27.2 Å². The first kappa shape index (κ1) is 20.3. The maximum atomic E-state index is 13.8. The standard InChI is InChI=1S/C19H12F4N4O4/c20-11-4-10-5-12(31-15(10)13(6-11)18(29)30-9-19(21,22)23)7-25-17(28)14-8-26-27-3-1-2-24-16(14)27/h1-6,8H,7,9H2,(H,25,28). The van der Waals surface area contributed by atoms with Gasteiger partial charge in [-0.15, -0.1) is 0 Å². The highest BCUT2D eigenvalue weighted by atomic mass is 19.4. The van der Waals surface area contributed by atoms with E-state index in [0.29, 0.717) is 5.65 Å². The van der Waals surface area contributed by atoms with Crippen molar-refractivity contribution in [1.82, 2.24) is 19.9 Å². The van der Waals surface area contributed by atoms with Crippen LogP contribution < -0.4 is 5.32 Å². The minimum absolute atomic E-state index is 0.126. The molecule has 0 radical (unpaired) electrons. The number of esters is 1. The van der Waals surface area contributed by atoms with E-state index < -0.39 is 36.0 Å². The highest BCUT2D eigenvalue weighted by Crippen LogP contribution is 2.26. The number of rotatable bonds is 5. The van der Waals surface area contributed by atoms with Gasteiger partial charge in [-0.2, -0.15) is 18.3 Å². The fourth-order valence-electron chi connectivity index (χ4n) is 2.88. The first-order valence-electron chi connectivity index (χ1n) is 8.74.